The van der Waals surface area contributed by atoms with Crippen molar-refractivity contribution in [1.82, 2.24) is 0 Å². The summed E-state index contributed by atoms with van der Waals surface area (Å²) in [4.78, 5) is 36.1. The molecule has 0 fully saturated rings. The summed E-state index contributed by atoms with van der Waals surface area (Å²) >= 11 is 12.3. The van der Waals surface area contributed by atoms with E-state index in [1.807, 2.05) is 12.1 Å². The molecule has 33 heavy (non-hydrogen) atoms. The predicted octanol–water partition coefficient (Wildman–Crippen LogP) is 3.97. The summed E-state index contributed by atoms with van der Waals surface area (Å²) in [7, 11) is 1.25. The molecule has 0 unspecified atom stereocenters. The van der Waals surface area contributed by atoms with Crippen LogP contribution in [0.25, 0.3) is 0 Å². The summed E-state index contributed by atoms with van der Waals surface area (Å²) in [6, 6.07) is 11.5. The Morgan fingerprint density at radius 2 is 1.64 bits per heavy atom. The number of nitrogens with one attached hydrogen (secondary N) is 1. The molecule has 3 rings (SSSR count). The van der Waals surface area contributed by atoms with Crippen LogP contribution in [0.2, 0.25) is 10.0 Å². The van der Waals surface area contributed by atoms with Crippen LogP contribution in [0.5, 0.6) is 5.75 Å². The largest absolute Gasteiger partial charge is 0.485 e. The molecule has 0 saturated carbocycles. The first-order valence-electron chi connectivity index (χ1n) is 10.1. The lowest BCUT2D eigenvalue weighted by molar-refractivity contribution is -0.141. The Hall–Kier alpha value is -3.27. The van der Waals surface area contributed by atoms with Gasteiger partial charge in [-0.15, -0.1) is 0 Å². The molecule has 0 aromatic heterocycles. The highest BCUT2D eigenvalue weighted by atomic mass is 35.5. The molecule has 0 spiro atoms. The smallest absolute Gasteiger partial charge is 0.328 e. The van der Waals surface area contributed by atoms with Crippen molar-refractivity contribution in [2.24, 2.45) is 0 Å². The van der Waals surface area contributed by atoms with Gasteiger partial charge in [0.05, 0.1) is 28.8 Å². The monoisotopic (exact) mass is 485 g/mol. The first kappa shape index (κ1) is 24.4. The molecule has 0 heterocycles. The molecule has 0 aliphatic carbocycles. The second-order valence-electron chi connectivity index (χ2n) is 7.50. The van der Waals surface area contributed by atoms with E-state index in [1.54, 1.807) is 44.2 Å². The molecule has 0 radical (unpaired) electrons. The van der Waals surface area contributed by atoms with E-state index in [4.69, 9.17) is 32.7 Å². The molecule has 8 heteroatoms. The van der Waals surface area contributed by atoms with Crippen molar-refractivity contribution in [1.29, 1.82) is 0 Å². The van der Waals surface area contributed by atoms with E-state index in [0.717, 1.165) is 11.1 Å². The quantitative estimate of drug-likeness (QED) is 0.309. The van der Waals surface area contributed by atoms with E-state index >= 15 is 0 Å². The maximum absolute atomic E-state index is 12.3. The number of rotatable bonds is 7. The molecule has 0 aliphatic heterocycles. The van der Waals surface area contributed by atoms with E-state index in [0.29, 0.717) is 15.6 Å². The molecular formula is C25H21Cl2NO5. The van der Waals surface area contributed by atoms with Crippen molar-refractivity contribution in [3.8, 4) is 17.6 Å². The SMILES string of the molecule is COC(=O)[C@H](Cc1ccc(C#Cc2c(Cl)cccc2Cl)cc1)Nc1c(OC(C)C)c(=O)c1=O. The van der Waals surface area contributed by atoms with Gasteiger partial charge in [0.2, 0.25) is 0 Å². The summed E-state index contributed by atoms with van der Waals surface area (Å²) in [5, 5.41) is 3.75. The lowest BCUT2D eigenvalue weighted by atomic mass is 10.0. The number of halogens is 2. The van der Waals surface area contributed by atoms with Crippen LogP contribution in [0.4, 0.5) is 5.69 Å². The predicted molar refractivity (Wildman–Crippen MR) is 129 cm³/mol. The highest BCUT2D eigenvalue weighted by Crippen LogP contribution is 2.23. The van der Waals surface area contributed by atoms with Gasteiger partial charge in [-0.25, -0.2) is 4.79 Å². The lowest BCUT2D eigenvalue weighted by Crippen LogP contribution is -2.42. The van der Waals surface area contributed by atoms with E-state index in [2.05, 4.69) is 17.2 Å². The summed E-state index contributed by atoms with van der Waals surface area (Å²) in [6.45, 7) is 3.48. The normalized spacial score (nSPS) is 11.6. The molecule has 1 atom stereocenters. The standard InChI is InChI=1S/C25H21Cl2NO5/c1-14(2)33-24-21(22(29)23(24)30)28-20(25(31)32-3)13-16-9-7-15(8-10-16)11-12-17-18(26)5-4-6-19(17)27/h4-10,14,20,28H,13H2,1-3H3/t20-/m0/s1. The van der Waals surface area contributed by atoms with Gasteiger partial charge in [-0.05, 0) is 43.7 Å². The van der Waals surface area contributed by atoms with Crippen molar-refractivity contribution >= 4 is 34.9 Å². The average Bonchev–Trinajstić information content (AvgIpc) is 2.80. The highest BCUT2D eigenvalue weighted by molar-refractivity contribution is 6.36. The Bertz CT molecular complexity index is 1280. The zero-order chi connectivity index (χ0) is 24.1. The fourth-order valence-corrected chi connectivity index (χ4v) is 3.56. The zero-order valence-corrected chi connectivity index (χ0v) is 19.7. The van der Waals surface area contributed by atoms with Crippen LogP contribution in [-0.4, -0.2) is 25.2 Å². The summed E-state index contributed by atoms with van der Waals surface area (Å²) < 4.78 is 10.3. The van der Waals surface area contributed by atoms with Crippen molar-refractivity contribution in [3.63, 3.8) is 0 Å². The topological polar surface area (TPSA) is 81.7 Å². The Labute approximate surface area is 201 Å². The third-order valence-corrected chi connectivity index (χ3v) is 5.34. The van der Waals surface area contributed by atoms with Crippen LogP contribution < -0.4 is 20.9 Å². The van der Waals surface area contributed by atoms with Crippen molar-refractivity contribution in [3.05, 3.63) is 89.6 Å². The number of ether oxygens (including phenoxy) is 2. The number of anilines is 1. The molecular weight excluding hydrogens is 465 g/mol. The molecule has 0 amide bonds. The third kappa shape index (κ3) is 5.75. The molecule has 6 nitrogen and oxygen atoms in total. The van der Waals surface area contributed by atoms with Gasteiger partial charge >= 0.3 is 5.97 Å². The van der Waals surface area contributed by atoms with E-state index in [-0.39, 0.29) is 24.0 Å². The Kier molecular flexibility index (Phi) is 7.80. The number of hydrogen-bond donors (Lipinski definition) is 1. The van der Waals surface area contributed by atoms with E-state index in [1.165, 1.54) is 7.11 Å². The van der Waals surface area contributed by atoms with Crippen LogP contribution in [0.1, 0.15) is 30.5 Å². The van der Waals surface area contributed by atoms with Gasteiger partial charge in [0.15, 0.2) is 5.75 Å². The first-order chi connectivity index (χ1) is 15.7. The number of carbonyl (C=O) groups excluding carboxylic acids is 1. The minimum atomic E-state index is -0.883. The molecule has 170 valence electrons. The molecule has 0 saturated heterocycles. The summed E-state index contributed by atoms with van der Waals surface area (Å²) in [6.07, 6.45) is -0.0730. The minimum Gasteiger partial charge on any atom is -0.485 e. The highest BCUT2D eigenvalue weighted by Gasteiger charge is 2.29. The van der Waals surface area contributed by atoms with Crippen molar-refractivity contribution < 1.29 is 14.3 Å². The molecule has 0 bridgehead atoms. The van der Waals surface area contributed by atoms with Gasteiger partial charge in [-0.1, -0.05) is 53.2 Å². The van der Waals surface area contributed by atoms with Crippen molar-refractivity contribution in [2.75, 3.05) is 12.4 Å². The Morgan fingerprint density at radius 3 is 2.21 bits per heavy atom. The second-order valence-corrected chi connectivity index (χ2v) is 8.31. The number of carbonyl (C=O) groups is 1. The molecule has 3 aromatic carbocycles. The van der Waals surface area contributed by atoms with Gasteiger partial charge in [0.1, 0.15) is 11.7 Å². The Balaban J connectivity index is 1.77. The van der Waals surface area contributed by atoms with E-state index < -0.39 is 22.9 Å². The average molecular weight is 486 g/mol. The van der Waals surface area contributed by atoms with Crippen LogP contribution >= 0.6 is 23.2 Å². The van der Waals surface area contributed by atoms with E-state index in [9.17, 15) is 14.4 Å². The van der Waals surface area contributed by atoms with Crippen molar-refractivity contribution in [2.45, 2.75) is 32.4 Å². The van der Waals surface area contributed by atoms with Crippen LogP contribution in [-0.2, 0) is 16.0 Å². The summed E-state index contributed by atoms with van der Waals surface area (Å²) in [5.74, 6) is 5.34. The number of esters is 1. The van der Waals surface area contributed by atoms with Gasteiger partial charge in [0, 0.05) is 12.0 Å². The van der Waals surface area contributed by atoms with Gasteiger partial charge in [-0.2, -0.15) is 0 Å². The number of benzene rings is 2. The maximum atomic E-state index is 12.3. The third-order valence-electron chi connectivity index (χ3n) is 4.71. The fourth-order valence-electron chi connectivity index (χ4n) is 3.07. The van der Waals surface area contributed by atoms with Gasteiger partial charge in [0.25, 0.3) is 10.9 Å². The number of methoxy groups -OCH3 is 1. The zero-order valence-electron chi connectivity index (χ0n) is 18.2. The van der Waals surface area contributed by atoms with Gasteiger partial charge in [-0.3, -0.25) is 9.59 Å². The van der Waals surface area contributed by atoms with Crippen LogP contribution in [0, 0.1) is 11.8 Å². The van der Waals surface area contributed by atoms with Crippen LogP contribution in [0.15, 0.2) is 52.1 Å². The Morgan fingerprint density at radius 1 is 1.00 bits per heavy atom. The maximum Gasteiger partial charge on any atom is 0.328 e. The second kappa shape index (κ2) is 10.6. The first-order valence-corrected chi connectivity index (χ1v) is 10.9. The molecule has 3 aromatic rings. The minimum absolute atomic E-state index is 0.0109. The molecule has 0 aliphatic rings. The van der Waals surface area contributed by atoms with Gasteiger partial charge < -0.3 is 14.8 Å². The molecule has 1 N–H and O–H groups in total. The fraction of sp³-hybridized carbons (Fsp3) is 0.240. The van der Waals surface area contributed by atoms with Crippen LogP contribution in [0.3, 0.4) is 0 Å². The summed E-state index contributed by atoms with van der Waals surface area (Å²) in [5.41, 5.74) is 0.631. The lowest BCUT2D eigenvalue weighted by Gasteiger charge is -2.21. The number of hydrogen-bond acceptors (Lipinski definition) is 6.